The van der Waals surface area contributed by atoms with Gasteiger partial charge in [0.05, 0.1) is 24.2 Å². The summed E-state index contributed by atoms with van der Waals surface area (Å²) < 4.78 is 15.8. The highest BCUT2D eigenvalue weighted by molar-refractivity contribution is 6.04. The number of esters is 2. The zero-order valence-electron chi connectivity index (χ0n) is 14.4. The molecule has 0 unspecified atom stereocenters. The van der Waals surface area contributed by atoms with Crippen molar-refractivity contribution in [1.29, 1.82) is 0 Å². The number of hydrogen-bond donors (Lipinski definition) is 2. The van der Waals surface area contributed by atoms with Gasteiger partial charge in [-0.05, 0) is 35.7 Å². The molecule has 7 heteroatoms. The first-order chi connectivity index (χ1) is 13.0. The van der Waals surface area contributed by atoms with Crippen molar-refractivity contribution in [2.45, 2.75) is 31.7 Å². The van der Waals surface area contributed by atoms with Crippen LogP contribution in [0.4, 0.5) is 0 Å². The first kappa shape index (κ1) is 16.3. The van der Waals surface area contributed by atoms with Gasteiger partial charge in [-0.3, -0.25) is 0 Å². The molecular weight excluding hydrogens is 352 g/mol. The van der Waals surface area contributed by atoms with Crippen molar-refractivity contribution in [1.82, 2.24) is 0 Å². The van der Waals surface area contributed by atoms with Crippen LogP contribution in [0, 0.1) is 6.92 Å². The van der Waals surface area contributed by atoms with E-state index in [1.54, 1.807) is 19.1 Å². The third-order valence-electron chi connectivity index (χ3n) is 5.59. The molecule has 1 aromatic carbocycles. The number of aliphatic hydroxyl groups is 2. The number of aliphatic hydroxyl groups excluding tert-OH is 2. The maximum absolute atomic E-state index is 12.5. The van der Waals surface area contributed by atoms with Gasteiger partial charge in [0.25, 0.3) is 0 Å². The molecule has 0 fully saturated rings. The smallest absolute Gasteiger partial charge is 0.339 e. The summed E-state index contributed by atoms with van der Waals surface area (Å²) in [6.07, 6.45) is 0.0292. The normalized spacial score (nSPS) is 26.3. The lowest BCUT2D eigenvalue weighted by molar-refractivity contribution is -0.136. The van der Waals surface area contributed by atoms with Gasteiger partial charge in [0.15, 0.2) is 6.10 Å². The van der Waals surface area contributed by atoms with Gasteiger partial charge in [0, 0.05) is 28.7 Å². The summed E-state index contributed by atoms with van der Waals surface area (Å²) in [5.41, 5.74) is 4.37. The minimum atomic E-state index is -1.19. The second-order valence-electron chi connectivity index (χ2n) is 7.02. The highest BCUT2D eigenvalue weighted by atomic mass is 16.6. The molecule has 3 aliphatic rings. The van der Waals surface area contributed by atoms with Gasteiger partial charge < -0.3 is 24.1 Å². The Bertz CT molecular complexity index is 1020. The van der Waals surface area contributed by atoms with Crippen LogP contribution >= 0.6 is 0 Å². The summed E-state index contributed by atoms with van der Waals surface area (Å²) in [5.74, 6) is -0.977. The molecule has 2 aliphatic heterocycles. The zero-order valence-corrected chi connectivity index (χ0v) is 14.4. The number of carbonyl (C=O) groups is 2. The first-order valence-corrected chi connectivity index (χ1v) is 8.63. The second-order valence-corrected chi connectivity index (χ2v) is 7.02. The summed E-state index contributed by atoms with van der Waals surface area (Å²) in [5, 5.41) is 21.2. The summed E-state index contributed by atoms with van der Waals surface area (Å²) in [7, 11) is 0. The van der Waals surface area contributed by atoms with Gasteiger partial charge in [-0.15, -0.1) is 0 Å². The predicted octanol–water partition coefficient (Wildman–Crippen LogP) is 1.96. The highest BCUT2D eigenvalue weighted by Gasteiger charge is 2.42. The number of benzene rings is 1. The number of carbonyl (C=O) groups excluding carboxylic acids is 2. The van der Waals surface area contributed by atoms with Crippen LogP contribution in [0.15, 0.2) is 34.6 Å². The van der Waals surface area contributed by atoms with E-state index < -0.39 is 30.3 Å². The lowest BCUT2D eigenvalue weighted by Gasteiger charge is -2.23. The number of furan rings is 1. The van der Waals surface area contributed by atoms with E-state index in [4.69, 9.17) is 13.9 Å². The molecule has 7 nitrogen and oxygen atoms in total. The topological polar surface area (TPSA) is 106 Å². The maximum Gasteiger partial charge on any atom is 0.339 e. The van der Waals surface area contributed by atoms with Gasteiger partial charge in [-0.25, -0.2) is 9.59 Å². The van der Waals surface area contributed by atoms with Crippen LogP contribution < -0.4 is 0 Å². The predicted molar refractivity (Wildman–Crippen MR) is 90.6 cm³/mol. The molecular formula is C20H16O7. The van der Waals surface area contributed by atoms with Crippen LogP contribution in [-0.2, 0) is 14.3 Å². The molecule has 0 saturated heterocycles. The Labute approximate surface area is 153 Å². The van der Waals surface area contributed by atoms with E-state index in [0.29, 0.717) is 44.5 Å². The van der Waals surface area contributed by atoms with Crippen molar-refractivity contribution >= 4 is 17.5 Å². The van der Waals surface area contributed by atoms with E-state index in [1.807, 2.05) is 0 Å². The van der Waals surface area contributed by atoms with Gasteiger partial charge in [-0.2, -0.15) is 0 Å². The van der Waals surface area contributed by atoms with Crippen molar-refractivity contribution in [2.24, 2.45) is 0 Å². The largest absolute Gasteiger partial charge is 0.472 e. The average molecular weight is 368 g/mol. The molecule has 0 radical (unpaired) electrons. The van der Waals surface area contributed by atoms with Gasteiger partial charge >= 0.3 is 11.9 Å². The van der Waals surface area contributed by atoms with Gasteiger partial charge in [-0.1, -0.05) is 0 Å². The van der Waals surface area contributed by atoms with Crippen molar-refractivity contribution in [3.63, 3.8) is 0 Å². The van der Waals surface area contributed by atoms with Crippen LogP contribution in [0.5, 0.6) is 0 Å². The molecule has 1 aliphatic carbocycles. The highest BCUT2D eigenvalue weighted by Crippen LogP contribution is 2.47. The Morgan fingerprint density at radius 1 is 1.07 bits per heavy atom. The number of rotatable bonds is 1. The monoisotopic (exact) mass is 368 g/mol. The van der Waals surface area contributed by atoms with Crippen LogP contribution in [0.1, 0.15) is 56.8 Å². The van der Waals surface area contributed by atoms with Crippen LogP contribution in [0.25, 0.3) is 5.57 Å². The molecule has 0 spiro atoms. The van der Waals surface area contributed by atoms with E-state index in [2.05, 4.69) is 0 Å². The zero-order chi connectivity index (χ0) is 18.9. The maximum atomic E-state index is 12.5. The van der Waals surface area contributed by atoms with E-state index in [1.165, 1.54) is 12.5 Å². The second kappa shape index (κ2) is 5.55. The first-order valence-electron chi connectivity index (χ1n) is 8.63. The van der Waals surface area contributed by atoms with Crippen molar-refractivity contribution in [2.75, 3.05) is 6.61 Å². The lowest BCUT2D eigenvalue weighted by atomic mass is 9.85. The number of hydrogen-bond acceptors (Lipinski definition) is 7. The van der Waals surface area contributed by atoms with E-state index in [9.17, 15) is 19.8 Å². The minimum Gasteiger partial charge on any atom is -0.472 e. The molecule has 0 saturated carbocycles. The SMILES string of the molecule is Cc1c2c(cc3c1[C@@H](O)[C@H](O)CC1=C3COC1=O)C(=O)O[C@H]2c1ccoc1. The Balaban J connectivity index is 1.79. The summed E-state index contributed by atoms with van der Waals surface area (Å²) in [6.45, 7) is 1.84. The van der Waals surface area contributed by atoms with E-state index >= 15 is 0 Å². The van der Waals surface area contributed by atoms with Crippen molar-refractivity contribution in [3.8, 4) is 0 Å². The third-order valence-corrected chi connectivity index (χ3v) is 5.59. The quantitative estimate of drug-likeness (QED) is 0.741. The Morgan fingerprint density at radius 2 is 1.89 bits per heavy atom. The van der Waals surface area contributed by atoms with Crippen molar-refractivity contribution in [3.05, 3.63) is 63.6 Å². The van der Waals surface area contributed by atoms with Crippen LogP contribution in [0.2, 0.25) is 0 Å². The van der Waals surface area contributed by atoms with Crippen LogP contribution in [0.3, 0.4) is 0 Å². The standard InChI is InChI=1S/C20H16O7/c1-8-15-10(13-7-26-19(23)11(13)5-14(21)17(15)22)4-12-16(8)18(27-20(12)24)9-2-3-25-6-9/h2-4,6,14,17-18,21-22H,5,7H2,1H3/t14-,17+,18+/m1/s1. The number of ether oxygens (including phenoxy) is 2. The molecule has 0 amide bonds. The Hall–Kier alpha value is -2.90. The number of cyclic esters (lactones) is 2. The molecule has 3 heterocycles. The van der Waals surface area contributed by atoms with Gasteiger partial charge in [0.2, 0.25) is 0 Å². The number of fused-ring (bicyclic) bond motifs is 3. The van der Waals surface area contributed by atoms with E-state index in [0.717, 1.165) is 0 Å². The fourth-order valence-corrected chi connectivity index (χ4v) is 4.27. The third kappa shape index (κ3) is 2.15. The minimum absolute atomic E-state index is 0.00370. The summed E-state index contributed by atoms with van der Waals surface area (Å²) in [6, 6.07) is 3.35. The molecule has 138 valence electrons. The summed E-state index contributed by atoms with van der Waals surface area (Å²) in [4.78, 5) is 24.6. The van der Waals surface area contributed by atoms with Crippen LogP contribution in [-0.4, -0.2) is 34.9 Å². The molecule has 3 atom stereocenters. The molecule has 2 aromatic rings. The average Bonchev–Trinajstić information content (AvgIpc) is 3.34. The van der Waals surface area contributed by atoms with Gasteiger partial charge in [0.1, 0.15) is 12.7 Å². The Morgan fingerprint density at radius 3 is 2.63 bits per heavy atom. The molecule has 2 N–H and O–H groups in total. The fraction of sp³-hybridized carbons (Fsp3) is 0.300. The summed E-state index contributed by atoms with van der Waals surface area (Å²) >= 11 is 0. The fourth-order valence-electron chi connectivity index (χ4n) is 4.27. The Kier molecular flexibility index (Phi) is 3.35. The lowest BCUT2D eigenvalue weighted by Crippen LogP contribution is -2.21. The molecule has 5 rings (SSSR count). The molecule has 1 aromatic heterocycles. The van der Waals surface area contributed by atoms with Crippen molar-refractivity contribution < 1.29 is 33.7 Å². The molecule has 27 heavy (non-hydrogen) atoms. The molecule has 0 bridgehead atoms. The van der Waals surface area contributed by atoms with E-state index in [-0.39, 0.29) is 13.0 Å².